The lowest BCUT2D eigenvalue weighted by molar-refractivity contribution is 0.280. The normalized spacial score (nSPS) is 13.7. The van der Waals surface area contributed by atoms with E-state index in [4.69, 9.17) is 8.85 Å². The molecular formula is C19H40O2Si2. The van der Waals surface area contributed by atoms with E-state index in [1.165, 1.54) is 0 Å². The molecule has 0 radical (unpaired) electrons. The summed E-state index contributed by atoms with van der Waals surface area (Å²) in [4.78, 5) is 0. The fourth-order valence-electron chi connectivity index (χ4n) is 1.43. The molecule has 4 heteroatoms. The fourth-order valence-corrected chi connectivity index (χ4v) is 3.39. The van der Waals surface area contributed by atoms with E-state index >= 15 is 0 Å². The molecular weight excluding hydrogens is 316 g/mol. The Morgan fingerprint density at radius 3 is 1.65 bits per heavy atom. The predicted molar refractivity (Wildman–Crippen MR) is 108 cm³/mol. The van der Waals surface area contributed by atoms with Gasteiger partial charge < -0.3 is 8.85 Å². The smallest absolute Gasteiger partial charge is 0.193 e. The molecule has 0 aliphatic heterocycles. The van der Waals surface area contributed by atoms with Crippen molar-refractivity contribution in [3.8, 4) is 11.8 Å². The molecule has 0 amide bonds. The fraction of sp³-hybridized carbons (Fsp3) is 0.895. The second-order valence-electron chi connectivity index (χ2n) is 9.47. The second-order valence-corrected chi connectivity index (χ2v) is 19.1. The summed E-state index contributed by atoms with van der Waals surface area (Å²) in [6.07, 6.45) is 3.16. The van der Waals surface area contributed by atoms with Crippen LogP contribution in [0.15, 0.2) is 0 Å². The lowest BCUT2D eigenvalue weighted by Gasteiger charge is -2.36. The van der Waals surface area contributed by atoms with Crippen molar-refractivity contribution in [3.05, 3.63) is 0 Å². The van der Waals surface area contributed by atoms with E-state index in [9.17, 15) is 0 Å². The molecule has 0 aliphatic carbocycles. The molecule has 0 aromatic rings. The quantitative estimate of drug-likeness (QED) is 0.307. The first kappa shape index (κ1) is 22.9. The Hall–Kier alpha value is -0.0862. The average Bonchev–Trinajstić information content (AvgIpc) is 2.33. The number of hydrogen-bond acceptors (Lipinski definition) is 2. The molecule has 0 atom stereocenters. The largest absolute Gasteiger partial charge is 0.417 e. The summed E-state index contributed by atoms with van der Waals surface area (Å²) in [5, 5.41) is 0.559. The van der Waals surface area contributed by atoms with Crippen molar-refractivity contribution >= 4 is 16.6 Å². The topological polar surface area (TPSA) is 18.5 Å². The third-order valence-electron chi connectivity index (χ3n) is 5.40. The van der Waals surface area contributed by atoms with Gasteiger partial charge in [-0.15, -0.1) is 5.92 Å². The van der Waals surface area contributed by atoms with Crippen LogP contribution in [-0.4, -0.2) is 29.8 Å². The highest BCUT2D eigenvalue weighted by Gasteiger charge is 2.37. The molecule has 0 aliphatic rings. The van der Waals surface area contributed by atoms with Gasteiger partial charge in [0.2, 0.25) is 0 Å². The number of unbranched alkanes of at least 4 members (excludes halogenated alkanes) is 2. The molecule has 0 fully saturated rings. The summed E-state index contributed by atoms with van der Waals surface area (Å²) >= 11 is 0. The van der Waals surface area contributed by atoms with Gasteiger partial charge in [-0.1, -0.05) is 47.5 Å². The molecule has 0 unspecified atom stereocenters. The lowest BCUT2D eigenvalue weighted by Crippen LogP contribution is -2.40. The minimum atomic E-state index is -1.64. The summed E-state index contributed by atoms with van der Waals surface area (Å²) in [7, 11) is -3.22. The molecule has 0 aromatic heterocycles. The summed E-state index contributed by atoms with van der Waals surface area (Å²) in [5.41, 5.74) is 0. The molecule has 0 N–H and O–H groups in total. The Labute approximate surface area is 148 Å². The number of hydrogen-bond donors (Lipinski definition) is 0. The number of rotatable bonds is 7. The van der Waals surface area contributed by atoms with E-state index in [1.807, 2.05) is 0 Å². The molecule has 0 saturated carbocycles. The minimum absolute atomic E-state index is 0.260. The van der Waals surface area contributed by atoms with E-state index in [-0.39, 0.29) is 5.04 Å². The first-order valence-electron chi connectivity index (χ1n) is 8.94. The third-order valence-corrected chi connectivity index (χ3v) is 14.4. The standard InChI is InChI=1S/C19H40O2Si2/c1-18(2,3)22(7,8)20-16-14-12-11-13-15-17-21-23(9,10)19(4,5)6/h11-12,14,16-17H2,1-10H3. The second kappa shape index (κ2) is 8.85. The first-order valence-corrected chi connectivity index (χ1v) is 14.8. The zero-order valence-corrected chi connectivity index (χ0v) is 19.4. The third kappa shape index (κ3) is 8.53. The van der Waals surface area contributed by atoms with Crippen LogP contribution >= 0.6 is 0 Å². The summed E-state index contributed by atoms with van der Waals surface area (Å²) in [6.45, 7) is 24.2. The average molecular weight is 357 g/mol. The molecule has 0 bridgehead atoms. The van der Waals surface area contributed by atoms with Crippen LogP contribution in [0.3, 0.4) is 0 Å². The van der Waals surface area contributed by atoms with Crippen molar-refractivity contribution in [1.82, 2.24) is 0 Å². The summed E-state index contributed by atoms with van der Waals surface area (Å²) in [6, 6.07) is 0. The maximum absolute atomic E-state index is 6.18. The Morgan fingerprint density at radius 2 is 1.17 bits per heavy atom. The van der Waals surface area contributed by atoms with Gasteiger partial charge >= 0.3 is 0 Å². The van der Waals surface area contributed by atoms with Crippen molar-refractivity contribution in [3.63, 3.8) is 0 Å². The van der Waals surface area contributed by atoms with Gasteiger partial charge in [0, 0.05) is 13.0 Å². The Balaban J connectivity index is 3.88. The van der Waals surface area contributed by atoms with Crippen molar-refractivity contribution in [2.24, 2.45) is 0 Å². The maximum atomic E-state index is 6.18. The monoisotopic (exact) mass is 356 g/mol. The molecule has 0 saturated heterocycles. The highest BCUT2D eigenvalue weighted by Crippen LogP contribution is 2.37. The van der Waals surface area contributed by atoms with Crippen LogP contribution < -0.4 is 0 Å². The Morgan fingerprint density at radius 1 is 0.696 bits per heavy atom. The van der Waals surface area contributed by atoms with Gasteiger partial charge in [-0.25, -0.2) is 0 Å². The van der Waals surface area contributed by atoms with E-state index in [0.29, 0.717) is 11.6 Å². The maximum Gasteiger partial charge on any atom is 0.193 e. The van der Waals surface area contributed by atoms with Gasteiger partial charge in [0.1, 0.15) is 0 Å². The van der Waals surface area contributed by atoms with E-state index in [1.54, 1.807) is 0 Å². The first-order chi connectivity index (χ1) is 10.2. The minimum Gasteiger partial charge on any atom is -0.417 e. The molecule has 2 nitrogen and oxygen atoms in total. The van der Waals surface area contributed by atoms with Crippen LogP contribution in [0.4, 0.5) is 0 Å². The molecule has 136 valence electrons. The van der Waals surface area contributed by atoms with Gasteiger partial charge in [-0.2, -0.15) is 0 Å². The van der Waals surface area contributed by atoms with Crippen molar-refractivity contribution < 1.29 is 8.85 Å². The Kier molecular flexibility index (Phi) is 8.81. The van der Waals surface area contributed by atoms with Crippen LogP contribution in [-0.2, 0) is 8.85 Å². The van der Waals surface area contributed by atoms with E-state index < -0.39 is 16.6 Å². The van der Waals surface area contributed by atoms with Gasteiger partial charge in [-0.05, 0) is 49.1 Å². The van der Waals surface area contributed by atoms with Crippen LogP contribution in [0.2, 0.25) is 36.3 Å². The SMILES string of the molecule is CC(C)(C)[Si](C)(C)OCC#CCCCCO[Si](C)(C)C(C)(C)C. The molecule has 0 heterocycles. The van der Waals surface area contributed by atoms with Crippen LogP contribution in [0.1, 0.15) is 60.8 Å². The van der Waals surface area contributed by atoms with E-state index in [0.717, 1.165) is 25.9 Å². The van der Waals surface area contributed by atoms with Gasteiger partial charge in [-0.3, -0.25) is 0 Å². The molecule has 0 spiro atoms. The van der Waals surface area contributed by atoms with Crippen LogP contribution in [0, 0.1) is 11.8 Å². The summed E-state index contributed by atoms with van der Waals surface area (Å²) in [5.74, 6) is 6.42. The van der Waals surface area contributed by atoms with E-state index in [2.05, 4.69) is 79.6 Å². The van der Waals surface area contributed by atoms with Crippen molar-refractivity contribution in [2.75, 3.05) is 13.2 Å². The highest BCUT2D eigenvalue weighted by atomic mass is 28.4. The molecule has 23 heavy (non-hydrogen) atoms. The van der Waals surface area contributed by atoms with Crippen LogP contribution in [0.5, 0.6) is 0 Å². The highest BCUT2D eigenvalue weighted by molar-refractivity contribution is 6.74. The zero-order chi connectivity index (χ0) is 18.4. The van der Waals surface area contributed by atoms with Crippen LogP contribution in [0.25, 0.3) is 0 Å². The summed E-state index contributed by atoms with van der Waals surface area (Å²) < 4.78 is 12.2. The predicted octanol–water partition coefficient (Wildman–Crippen LogP) is 6.20. The molecule has 0 aromatic carbocycles. The molecule has 0 rings (SSSR count). The lowest BCUT2D eigenvalue weighted by atomic mass is 10.2. The Bertz CT molecular complexity index is 404. The van der Waals surface area contributed by atoms with Crippen molar-refractivity contribution in [2.45, 2.75) is 97.1 Å². The van der Waals surface area contributed by atoms with Gasteiger partial charge in [0.15, 0.2) is 16.6 Å². The van der Waals surface area contributed by atoms with Gasteiger partial charge in [0.05, 0.1) is 6.61 Å². The van der Waals surface area contributed by atoms with Gasteiger partial charge in [0.25, 0.3) is 0 Å². The zero-order valence-electron chi connectivity index (χ0n) is 17.4. The van der Waals surface area contributed by atoms with Crippen molar-refractivity contribution in [1.29, 1.82) is 0 Å².